The van der Waals surface area contributed by atoms with Crippen molar-refractivity contribution in [2.24, 2.45) is 0 Å². The zero-order valence-corrected chi connectivity index (χ0v) is 14.0. The average molecular weight is 343 g/mol. The van der Waals surface area contributed by atoms with Crippen molar-refractivity contribution in [2.75, 3.05) is 4.90 Å². The van der Waals surface area contributed by atoms with E-state index >= 15 is 0 Å². The molecule has 1 saturated heterocycles. The van der Waals surface area contributed by atoms with Crippen LogP contribution in [0.5, 0.6) is 0 Å². The van der Waals surface area contributed by atoms with Gasteiger partial charge in [-0.15, -0.1) is 0 Å². The van der Waals surface area contributed by atoms with Crippen molar-refractivity contribution in [3.05, 3.63) is 84.7 Å². The Morgan fingerprint density at radius 2 is 1.50 bits per heavy atom. The number of carbonyl (C=O) groups is 2. The molecule has 1 unspecified atom stereocenters. The Bertz CT molecular complexity index is 924. The minimum Gasteiger partial charge on any atom is -0.325 e. The molecule has 1 atom stereocenters. The maximum Gasteiger partial charge on any atom is 0.329 e. The summed E-state index contributed by atoms with van der Waals surface area (Å²) in [6.45, 7) is 0. The third-order valence-electron chi connectivity index (χ3n) is 4.44. The number of amides is 3. The van der Waals surface area contributed by atoms with Crippen molar-refractivity contribution in [2.45, 2.75) is 12.5 Å². The van der Waals surface area contributed by atoms with E-state index < -0.39 is 6.04 Å². The average Bonchev–Trinajstić information content (AvgIpc) is 2.97. The second kappa shape index (κ2) is 6.80. The van der Waals surface area contributed by atoms with E-state index in [0.717, 1.165) is 16.7 Å². The van der Waals surface area contributed by atoms with Gasteiger partial charge in [0, 0.05) is 18.8 Å². The summed E-state index contributed by atoms with van der Waals surface area (Å²) in [6.07, 6.45) is 3.80. The number of nitrogens with one attached hydrogen (secondary N) is 1. The van der Waals surface area contributed by atoms with Crippen LogP contribution in [-0.2, 0) is 11.2 Å². The second-order valence-electron chi connectivity index (χ2n) is 6.15. The molecular weight excluding hydrogens is 326 g/mol. The molecule has 1 aromatic heterocycles. The predicted molar refractivity (Wildman–Crippen MR) is 99.6 cm³/mol. The zero-order valence-electron chi connectivity index (χ0n) is 14.0. The van der Waals surface area contributed by atoms with Gasteiger partial charge in [0.2, 0.25) is 0 Å². The van der Waals surface area contributed by atoms with Gasteiger partial charge in [0.05, 0.1) is 5.69 Å². The number of hydrogen-bond acceptors (Lipinski definition) is 3. The first-order valence-electron chi connectivity index (χ1n) is 8.41. The Labute approximate surface area is 151 Å². The Kier molecular flexibility index (Phi) is 4.19. The van der Waals surface area contributed by atoms with Gasteiger partial charge < -0.3 is 5.32 Å². The molecule has 26 heavy (non-hydrogen) atoms. The molecule has 2 heterocycles. The molecule has 0 spiro atoms. The molecule has 1 aliphatic heterocycles. The van der Waals surface area contributed by atoms with Crippen LogP contribution < -0.4 is 10.2 Å². The lowest BCUT2D eigenvalue weighted by atomic mass is 10.0. The number of nitrogens with zero attached hydrogens (tertiary/aromatic N) is 2. The van der Waals surface area contributed by atoms with Gasteiger partial charge in [0.25, 0.3) is 5.91 Å². The number of benzene rings is 2. The van der Waals surface area contributed by atoms with E-state index in [1.165, 1.54) is 4.90 Å². The number of imide groups is 1. The Balaban J connectivity index is 1.54. The number of pyridine rings is 1. The van der Waals surface area contributed by atoms with Crippen LogP contribution in [0.15, 0.2) is 79.1 Å². The summed E-state index contributed by atoms with van der Waals surface area (Å²) in [4.78, 5) is 30.2. The predicted octanol–water partition coefficient (Wildman–Crippen LogP) is 3.42. The fraction of sp³-hybridized carbons (Fsp3) is 0.0952. The molecule has 1 N–H and O–H groups in total. The minimum absolute atomic E-state index is 0.237. The van der Waals surface area contributed by atoms with Crippen LogP contribution in [0.25, 0.3) is 11.1 Å². The number of urea groups is 1. The van der Waals surface area contributed by atoms with Gasteiger partial charge in [0.1, 0.15) is 6.04 Å². The first-order valence-corrected chi connectivity index (χ1v) is 8.41. The van der Waals surface area contributed by atoms with Crippen molar-refractivity contribution < 1.29 is 9.59 Å². The third-order valence-corrected chi connectivity index (χ3v) is 4.44. The molecule has 1 aliphatic rings. The normalized spacial score (nSPS) is 16.6. The first kappa shape index (κ1) is 16.0. The summed E-state index contributed by atoms with van der Waals surface area (Å²) in [5, 5.41) is 2.76. The number of aromatic nitrogens is 1. The lowest BCUT2D eigenvalue weighted by Crippen LogP contribution is -2.32. The number of rotatable bonds is 4. The SMILES string of the molecule is O=C1NC(Cc2ccncc2)C(=O)N1c1ccc(-c2ccccc2)cc1. The topological polar surface area (TPSA) is 62.3 Å². The van der Waals surface area contributed by atoms with Crippen LogP contribution in [0.1, 0.15) is 5.56 Å². The second-order valence-corrected chi connectivity index (χ2v) is 6.15. The van der Waals surface area contributed by atoms with Crippen LogP contribution in [0.2, 0.25) is 0 Å². The van der Waals surface area contributed by atoms with E-state index in [2.05, 4.69) is 10.3 Å². The zero-order chi connectivity index (χ0) is 17.9. The number of anilines is 1. The quantitative estimate of drug-likeness (QED) is 0.739. The van der Waals surface area contributed by atoms with Crippen LogP contribution in [0.4, 0.5) is 10.5 Å². The maximum absolute atomic E-state index is 12.7. The monoisotopic (exact) mass is 343 g/mol. The third kappa shape index (κ3) is 3.07. The Morgan fingerprint density at radius 3 is 2.19 bits per heavy atom. The van der Waals surface area contributed by atoms with E-state index in [4.69, 9.17) is 0 Å². The highest BCUT2D eigenvalue weighted by atomic mass is 16.2. The van der Waals surface area contributed by atoms with Gasteiger partial charge in [-0.05, 0) is 41.0 Å². The molecule has 3 aromatic rings. The van der Waals surface area contributed by atoms with Gasteiger partial charge in [-0.3, -0.25) is 9.78 Å². The smallest absolute Gasteiger partial charge is 0.325 e. The number of carbonyl (C=O) groups excluding carboxylic acids is 2. The molecule has 5 heteroatoms. The standard InChI is InChI=1S/C21H17N3O2/c25-20-19(14-15-10-12-22-13-11-15)23-21(26)24(20)18-8-6-17(7-9-18)16-4-2-1-3-5-16/h1-13,19H,14H2,(H,23,26). The minimum atomic E-state index is -0.557. The fourth-order valence-corrected chi connectivity index (χ4v) is 3.10. The molecule has 0 radical (unpaired) electrons. The molecule has 128 valence electrons. The van der Waals surface area contributed by atoms with E-state index in [9.17, 15) is 9.59 Å². The van der Waals surface area contributed by atoms with E-state index in [0.29, 0.717) is 12.1 Å². The Hall–Kier alpha value is -3.47. The van der Waals surface area contributed by atoms with Gasteiger partial charge in [-0.25, -0.2) is 9.69 Å². The summed E-state index contributed by atoms with van der Waals surface area (Å²) in [7, 11) is 0. The lowest BCUT2D eigenvalue weighted by molar-refractivity contribution is -0.118. The van der Waals surface area contributed by atoms with E-state index in [1.807, 2.05) is 54.6 Å². The highest BCUT2D eigenvalue weighted by molar-refractivity contribution is 6.21. The van der Waals surface area contributed by atoms with Crippen LogP contribution in [0, 0.1) is 0 Å². The molecule has 3 amide bonds. The lowest BCUT2D eigenvalue weighted by Gasteiger charge is -2.14. The molecule has 0 bridgehead atoms. The largest absolute Gasteiger partial charge is 0.329 e. The molecule has 0 aliphatic carbocycles. The van der Waals surface area contributed by atoms with Gasteiger partial charge in [-0.1, -0.05) is 42.5 Å². The summed E-state index contributed by atoms with van der Waals surface area (Å²) in [5.74, 6) is -0.237. The molecule has 4 rings (SSSR count). The van der Waals surface area contributed by atoms with Crippen molar-refractivity contribution in [3.63, 3.8) is 0 Å². The van der Waals surface area contributed by atoms with Crippen molar-refractivity contribution >= 4 is 17.6 Å². The van der Waals surface area contributed by atoms with Crippen LogP contribution in [-0.4, -0.2) is 23.0 Å². The van der Waals surface area contributed by atoms with Crippen molar-refractivity contribution in [3.8, 4) is 11.1 Å². The summed E-state index contributed by atoms with van der Waals surface area (Å²) in [6, 6.07) is 20.1. The van der Waals surface area contributed by atoms with Gasteiger partial charge in [0.15, 0.2) is 0 Å². The highest BCUT2D eigenvalue weighted by Gasteiger charge is 2.38. The molecule has 0 saturated carbocycles. The molecular formula is C21H17N3O2. The summed E-state index contributed by atoms with van der Waals surface area (Å²) >= 11 is 0. The van der Waals surface area contributed by atoms with Crippen LogP contribution in [0.3, 0.4) is 0 Å². The van der Waals surface area contributed by atoms with E-state index in [1.54, 1.807) is 24.5 Å². The molecule has 1 fully saturated rings. The van der Waals surface area contributed by atoms with Crippen LogP contribution >= 0.6 is 0 Å². The van der Waals surface area contributed by atoms with Gasteiger partial charge in [-0.2, -0.15) is 0 Å². The highest BCUT2D eigenvalue weighted by Crippen LogP contribution is 2.25. The Morgan fingerprint density at radius 1 is 0.846 bits per heavy atom. The molecule has 2 aromatic carbocycles. The first-order chi connectivity index (χ1) is 12.7. The van der Waals surface area contributed by atoms with Gasteiger partial charge >= 0.3 is 6.03 Å². The van der Waals surface area contributed by atoms with E-state index in [-0.39, 0.29) is 11.9 Å². The fourth-order valence-electron chi connectivity index (χ4n) is 3.10. The summed E-state index contributed by atoms with van der Waals surface area (Å²) in [5.41, 5.74) is 3.66. The summed E-state index contributed by atoms with van der Waals surface area (Å²) < 4.78 is 0. The van der Waals surface area contributed by atoms with Crippen molar-refractivity contribution in [1.29, 1.82) is 0 Å². The maximum atomic E-state index is 12.7. The number of hydrogen-bond donors (Lipinski definition) is 1. The van der Waals surface area contributed by atoms with Crippen molar-refractivity contribution in [1.82, 2.24) is 10.3 Å². The molecule has 5 nitrogen and oxygen atoms in total.